The van der Waals surface area contributed by atoms with Crippen LogP contribution in [0.15, 0.2) is 22.7 Å². The van der Waals surface area contributed by atoms with E-state index >= 15 is 0 Å². The molecule has 1 aliphatic rings. The van der Waals surface area contributed by atoms with Crippen molar-refractivity contribution in [3.63, 3.8) is 0 Å². The van der Waals surface area contributed by atoms with Gasteiger partial charge in [0.05, 0.1) is 5.56 Å². The molecule has 1 N–H and O–H groups in total. The van der Waals surface area contributed by atoms with Gasteiger partial charge in [0.2, 0.25) is 0 Å². The average Bonchev–Trinajstić information content (AvgIpc) is 2.86. The lowest BCUT2D eigenvalue weighted by atomic mass is 10.1. The van der Waals surface area contributed by atoms with Gasteiger partial charge in [0, 0.05) is 21.5 Å². The second-order valence-electron chi connectivity index (χ2n) is 4.75. The van der Waals surface area contributed by atoms with Crippen LogP contribution in [0.4, 0.5) is 5.69 Å². The highest BCUT2D eigenvalue weighted by Crippen LogP contribution is 2.40. The van der Waals surface area contributed by atoms with Crippen molar-refractivity contribution in [1.29, 1.82) is 5.26 Å². The first-order chi connectivity index (χ1) is 8.69. The maximum absolute atomic E-state index is 8.89. The molecular weight excluding hydrogens is 308 g/mol. The van der Waals surface area contributed by atoms with Crippen LogP contribution >= 0.6 is 27.7 Å². The largest absolute Gasteiger partial charge is 0.384 e. The second-order valence-corrected chi connectivity index (χ2v) is 6.88. The lowest BCUT2D eigenvalue weighted by Crippen LogP contribution is -2.29. The van der Waals surface area contributed by atoms with Crippen molar-refractivity contribution < 1.29 is 0 Å². The summed E-state index contributed by atoms with van der Waals surface area (Å²) in [6.45, 7) is 1.01. The second kappa shape index (κ2) is 5.99. The number of hydrogen-bond donors (Lipinski definition) is 1. The van der Waals surface area contributed by atoms with Crippen molar-refractivity contribution in [2.75, 3.05) is 18.1 Å². The summed E-state index contributed by atoms with van der Waals surface area (Å²) in [7, 11) is 0. The van der Waals surface area contributed by atoms with Gasteiger partial charge < -0.3 is 5.32 Å². The van der Waals surface area contributed by atoms with E-state index in [2.05, 4.69) is 33.6 Å². The van der Waals surface area contributed by atoms with Crippen molar-refractivity contribution in [1.82, 2.24) is 0 Å². The van der Waals surface area contributed by atoms with Crippen LogP contribution in [-0.2, 0) is 0 Å². The topological polar surface area (TPSA) is 35.8 Å². The van der Waals surface area contributed by atoms with E-state index in [0.717, 1.165) is 16.7 Å². The maximum Gasteiger partial charge on any atom is 0.100 e. The Bertz CT molecular complexity index is 461. The minimum absolute atomic E-state index is 0.403. The summed E-state index contributed by atoms with van der Waals surface area (Å²) in [5.41, 5.74) is 1.77. The number of anilines is 1. The van der Waals surface area contributed by atoms with E-state index < -0.39 is 0 Å². The lowest BCUT2D eigenvalue weighted by Gasteiger charge is -2.27. The number of thioether (sulfide) groups is 1. The zero-order chi connectivity index (χ0) is 13.0. The molecule has 1 fully saturated rings. The van der Waals surface area contributed by atoms with Gasteiger partial charge in [-0.2, -0.15) is 17.0 Å². The van der Waals surface area contributed by atoms with Gasteiger partial charge in [-0.05, 0) is 53.2 Å². The number of rotatable bonds is 4. The van der Waals surface area contributed by atoms with Crippen molar-refractivity contribution in [2.45, 2.75) is 30.4 Å². The third-order valence-corrected chi connectivity index (χ3v) is 5.73. The molecule has 0 bridgehead atoms. The van der Waals surface area contributed by atoms with E-state index in [1.165, 1.54) is 25.7 Å². The number of nitrogens with one attached hydrogen (secondary N) is 1. The Morgan fingerprint density at radius 3 is 2.72 bits per heavy atom. The van der Waals surface area contributed by atoms with E-state index in [0.29, 0.717) is 10.3 Å². The first-order valence-electron chi connectivity index (χ1n) is 6.18. The summed E-state index contributed by atoms with van der Waals surface area (Å²) in [5.74, 6) is 0. The third kappa shape index (κ3) is 3.02. The quantitative estimate of drug-likeness (QED) is 0.891. The molecule has 18 heavy (non-hydrogen) atoms. The van der Waals surface area contributed by atoms with Crippen LogP contribution in [0.2, 0.25) is 0 Å². The zero-order valence-electron chi connectivity index (χ0n) is 10.5. The summed E-state index contributed by atoms with van der Waals surface area (Å²) in [6.07, 6.45) is 7.51. The molecule has 1 aromatic carbocycles. The monoisotopic (exact) mass is 324 g/mol. The lowest BCUT2D eigenvalue weighted by molar-refractivity contribution is 0.640. The Morgan fingerprint density at radius 2 is 2.17 bits per heavy atom. The smallest absolute Gasteiger partial charge is 0.100 e. The molecule has 2 nitrogen and oxygen atoms in total. The van der Waals surface area contributed by atoms with E-state index in [1.807, 2.05) is 30.0 Å². The molecule has 0 aromatic heterocycles. The van der Waals surface area contributed by atoms with Gasteiger partial charge in [0.1, 0.15) is 6.07 Å². The summed E-state index contributed by atoms with van der Waals surface area (Å²) in [5, 5.41) is 12.4. The summed E-state index contributed by atoms with van der Waals surface area (Å²) >= 11 is 5.41. The molecule has 4 heteroatoms. The number of nitriles is 1. The van der Waals surface area contributed by atoms with Gasteiger partial charge in [-0.3, -0.25) is 0 Å². The molecule has 0 spiro atoms. The van der Waals surface area contributed by atoms with Gasteiger partial charge in [0.25, 0.3) is 0 Å². The van der Waals surface area contributed by atoms with Crippen LogP contribution in [0.1, 0.15) is 31.2 Å². The van der Waals surface area contributed by atoms with E-state index in [-0.39, 0.29) is 0 Å². The third-order valence-electron chi connectivity index (χ3n) is 3.65. The molecule has 0 unspecified atom stereocenters. The fraction of sp³-hybridized carbons (Fsp3) is 0.500. The minimum Gasteiger partial charge on any atom is -0.384 e. The van der Waals surface area contributed by atoms with Gasteiger partial charge in [-0.15, -0.1) is 0 Å². The normalized spacial score (nSPS) is 17.4. The highest BCUT2D eigenvalue weighted by molar-refractivity contribution is 9.10. The molecule has 2 rings (SSSR count). The Kier molecular flexibility index (Phi) is 4.58. The van der Waals surface area contributed by atoms with Crippen molar-refractivity contribution >= 4 is 33.4 Å². The SMILES string of the molecule is CSC1(CNc2ccc(C#N)c(Br)c2)CCCC1. The van der Waals surface area contributed by atoms with Gasteiger partial charge in [0.15, 0.2) is 0 Å². The van der Waals surface area contributed by atoms with Crippen molar-refractivity contribution in [3.05, 3.63) is 28.2 Å². The van der Waals surface area contributed by atoms with E-state index in [1.54, 1.807) is 0 Å². The number of hydrogen-bond acceptors (Lipinski definition) is 3. The molecule has 0 heterocycles. The Balaban J connectivity index is 2.02. The zero-order valence-corrected chi connectivity index (χ0v) is 12.9. The Hall–Kier alpha value is -0.660. The molecule has 1 aliphatic carbocycles. The molecule has 1 aromatic rings. The molecule has 0 saturated heterocycles. The Labute approximate surface area is 121 Å². The molecule has 0 aliphatic heterocycles. The van der Waals surface area contributed by atoms with E-state index in [9.17, 15) is 0 Å². The van der Waals surface area contributed by atoms with Gasteiger partial charge in [-0.25, -0.2) is 0 Å². The fourth-order valence-electron chi connectivity index (χ4n) is 2.45. The fourth-order valence-corrected chi connectivity index (χ4v) is 3.83. The Morgan fingerprint density at radius 1 is 1.44 bits per heavy atom. The average molecular weight is 325 g/mol. The number of benzene rings is 1. The minimum atomic E-state index is 0.403. The molecule has 0 radical (unpaired) electrons. The van der Waals surface area contributed by atoms with Crippen molar-refractivity contribution in [3.8, 4) is 6.07 Å². The highest BCUT2D eigenvalue weighted by Gasteiger charge is 2.32. The van der Waals surface area contributed by atoms with Crippen LogP contribution in [0.25, 0.3) is 0 Å². The van der Waals surface area contributed by atoms with Crippen LogP contribution in [-0.4, -0.2) is 17.5 Å². The predicted molar refractivity (Wildman–Crippen MR) is 82.1 cm³/mol. The standard InChI is InChI=1S/C14H17BrN2S/c1-18-14(6-2-3-7-14)10-17-12-5-4-11(9-16)13(15)8-12/h4-5,8,17H,2-3,6-7,10H2,1H3. The van der Waals surface area contributed by atoms with Gasteiger partial charge in [-0.1, -0.05) is 12.8 Å². The van der Waals surface area contributed by atoms with Crippen LogP contribution < -0.4 is 5.32 Å². The van der Waals surface area contributed by atoms with Crippen LogP contribution in [0.3, 0.4) is 0 Å². The first-order valence-corrected chi connectivity index (χ1v) is 8.19. The van der Waals surface area contributed by atoms with Crippen LogP contribution in [0.5, 0.6) is 0 Å². The molecule has 96 valence electrons. The van der Waals surface area contributed by atoms with Crippen LogP contribution in [0, 0.1) is 11.3 Å². The van der Waals surface area contributed by atoms with Gasteiger partial charge >= 0.3 is 0 Å². The highest BCUT2D eigenvalue weighted by atomic mass is 79.9. The number of halogens is 1. The maximum atomic E-state index is 8.89. The van der Waals surface area contributed by atoms with E-state index in [4.69, 9.17) is 5.26 Å². The molecule has 1 saturated carbocycles. The molecule has 0 atom stereocenters. The summed E-state index contributed by atoms with van der Waals surface area (Å²) in [6, 6.07) is 7.98. The summed E-state index contributed by atoms with van der Waals surface area (Å²) in [4.78, 5) is 0. The first kappa shape index (κ1) is 13.8. The van der Waals surface area contributed by atoms with Crippen molar-refractivity contribution in [2.24, 2.45) is 0 Å². The molecule has 0 amide bonds. The number of nitrogens with zero attached hydrogens (tertiary/aromatic N) is 1. The summed E-state index contributed by atoms with van der Waals surface area (Å²) < 4.78 is 1.26. The predicted octanol–water partition coefficient (Wildman–Crippen LogP) is 4.41. The molecular formula is C14H17BrN2S.